The Labute approximate surface area is 116 Å². The number of ether oxygens (including phenoxy) is 1. The summed E-state index contributed by atoms with van der Waals surface area (Å²) in [5.74, 6) is -0.151. The molecule has 0 unspecified atom stereocenters. The molecule has 0 aliphatic carbocycles. The van der Waals surface area contributed by atoms with Gasteiger partial charge in [0.05, 0.1) is 7.11 Å². The molecule has 0 fully saturated rings. The summed E-state index contributed by atoms with van der Waals surface area (Å²) in [5, 5.41) is 3.40. The third-order valence-corrected chi connectivity index (χ3v) is 3.20. The lowest BCUT2D eigenvalue weighted by molar-refractivity contribution is -0.140. The molecule has 0 saturated heterocycles. The molecule has 0 aromatic heterocycles. The fraction of sp³-hybridized carbons (Fsp3) is 0.562. The molecule has 0 aliphatic rings. The minimum absolute atomic E-state index is 0.149. The van der Waals surface area contributed by atoms with E-state index in [1.54, 1.807) is 0 Å². The van der Waals surface area contributed by atoms with Gasteiger partial charge in [0.2, 0.25) is 0 Å². The maximum absolute atomic E-state index is 11.0. The molecule has 3 nitrogen and oxygen atoms in total. The molecule has 0 saturated carbocycles. The van der Waals surface area contributed by atoms with Gasteiger partial charge in [-0.05, 0) is 36.0 Å². The van der Waals surface area contributed by atoms with Crippen molar-refractivity contribution in [2.24, 2.45) is 0 Å². The van der Waals surface area contributed by atoms with Gasteiger partial charge in [-0.15, -0.1) is 0 Å². The minimum Gasteiger partial charge on any atom is -0.469 e. The first kappa shape index (κ1) is 15.5. The fourth-order valence-corrected chi connectivity index (χ4v) is 1.84. The van der Waals surface area contributed by atoms with E-state index >= 15 is 0 Å². The number of carbonyl (C=O) groups is 1. The van der Waals surface area contributed by atoms with E-state index in [2.05, 4.69) is 55.9 Å². The third-order valence-electron chi connectivity index (χ3n) is 3.20. The average Bonchev–Trinajstić information content (AvgIpc) is 2.34. The van der Waals surface area contributed by atoms with Gasteiger partial charge in [-0.1, -0.05) is 32.9 Å². The highest BCUT2D eigenvalue weighted by Gasteiger charge is 2.14. The summed E-state index contributed by atoms with van der Waals surface area (Å²) in [7, 11) is 1.42. The first-order valence-electron chi connectivity index (χ1n) is 6.76. The summed E-state index contributed by atoms with van der Waals surface area (Å²) in [5.41, 5.74) is 3.84. The van der Waals surface area contributed by atoms with Crippen molar-refractivity contribution in [1.29, 1.82) is 0 Å². The maximum atomic E-state index is 11.0. The normalized spacial score (nSPS) is 11.2. The van der Waals surface area contributed by atoms with E-state index < -0.39 is 0 Å². The predicted octanol–water partition coefficient (Wildman–Crippen LogP) is 3.66. The topological polar surface area (TPSA) is 38.3 Å². The number of rotatable bonds is 5. The second-order valence-electron chi connectivity index (χ2n) is 5.89. The second-order valence-corrected chi connectivity index (χ2v) is 5.89. The number of aryl methyl sites for hydroxylation is 1. The summed E-state index contributed by atoms with van der Waals surface area (Å²) in [6, 6.07) is 6.52. The summed E-state index contributed by atoms with van der Waals surface area (Å²) in [6.45, 7) is 9.49. The number of hydrogen-bond acceptors (Lipinski definition) is 3. The van der Waals surface area contributed by atoms with Crippen LogP contribution < -0.4 is 5.32 Å². The number of nitrogens with one attached hydrogen (secondary N) is 1. The van der Waals surface area contributed by atoms with Crippen molar-refractivity contribution in [2.45, 2.75) is 46.0 Å². The Morgan fingerprint density at radius 3 is 2.58 bits per heavy atom. The Bertz CT molecular complexity index is 433. The van der Waals surface area contributed by atoms with Crippen molar-refractivity contribution in [3.63, 3.8) is 0 Å². The quantitative estimate of drug-likeness (QED) is 0.651. The van der Waals surface area contributed by atoms with Gasteiger partial charge >= 0.3 is 5.97 Å². The Morgan fingerprint density at radius 2 is 2.00 bits per heavy atom. The van der Waals surface area contributed by atoms with Crippen molar-refractivity contribution in [1.82, 2.24) is 0 Å². The lowest BCUT2D eigenvalue weighted by Gasteiger charge is -2.21. The molecule has 0 amide bonds. The van der Waals surface area contributed by atoms with Crippen LogP contribution in [0.1, 0.15) is 44.7 Å². The number of hydrogen-bond donors (Lipinski definition) is 1. The van der Waals surface area contributed by atoms with E-state index in [0.717, 1.165) is 18.7 Å². The number of benzene rings is 1. The van der Waals surface area contributed by atoms with Gasteiger partial charge in [-0.3, -0.25) is 4.79 Å². The second kappa shape index (κ2) is 6.60. The molecule has 1 aromatic rings. The Kier molecular flexibility index (Phi) is 5.40. The molecule has 0 atom stereocenters. The molecule has 1 N–H and O–H groups in total. The van der Waals surface area contributed by atoms with Crippen LogP contribution in [0, 0.1) is 6.92 Å². The lowest BCUT2D eigenvalue weighted by atomic mass is 9.86. The fourth-order valence-electron chi connectivity index (χ4n) is 1.84. The summed E-state index contributed by atoms with van der Waals surface area (Å²) >= 11 is 0. The van der Waals surface area contributed by atoms with Gasteiger partial charge in [0.15, 0.2) is 0 Å². The number of esters is 1. The smallest absolute Gasteiger partial charge is 0.305 e. The van der Waals surface area contributed by atoms with E-state index in [1.807, 2.05) is 0 Å². The van der Waals surface area contributed by atoms with Crippen LogP contribution in [-0.2, 0) is 14.9 Å². The van der Waals surface area contributed by atoms with Crippen LogP contribution in [0.4, 0.5) is 5.69 Å². The van der Waals surface area contributed by atoms with Crippen molar-refractivity contribution in [3.05, 3.63) is 29.3 Å². The molecule has 0 aliphatic heterocycles. The zero-order chi connectivity index (χ0) is 14.5. The molecule has 106 valence electrons. The molecule has 3 heteroatoms. The van der Waals surface area contributed by atoms with E-state index in [4.69, 9.17) is 0 Å². The van der Waals surface area contributed by atoms with E-state index in [0.29, 0.717) is 6.42 Å². The first-order chi connectivity index (χ1) is 8.84. The maximum Gasteiger partial charge on any atom is 0.305 e. The minimum atomic E-state index is -0.151. The van der Waals surface area contributed by atoms with E-state index in [9.17, 15) is 4.79 Å². The number of anilines is 1. The standard InChI is InChI=1S/C16H25NO2/c1-12-8-9-13(16(2,3)4)11-14(12)17-10-6-7-15(18)19-5/h8-9,11,17H,6-7,10H2,1-5H3. The largest absolute Gasteiger partial charge is 0.469 e. The monoisotopic (exact) mass is 263 g/mol. The van der Waals surface area contributed by atoms with Gasteiger partial charge in [0.25, 0.3) is 0 Å². The summed E-state index contributed by atoms with van der Waals surface area (Å²) in [6.07, 6.45) is 1.24. The molecule has 0 bridgehead atoms. The molecule has 0 radical (unpaired) electrons. The first-order valence-corrected chi connectivity index (χ1v) is 6.76. The number of methoxy groups -OCH3 is 1. The van der Waals surface area contributed by atoms with Crippen LogP contribution in [0.2, 0.25) is 0 Å². The van der Waals surface area contributed by atoms with Crippen LogP contribution in [0.5, 0.6) is 0 Å². The van der Waals surface area contributed by atoms with Crippen molar-refractivity contribution < 1.29 is 9.53 Å². The van der Waals surface area contributed by atoms with Crippen LogP contribution in [0.15, 0.2) is 18.2 Å². The lowest BCUT2D eigenvalue weighted by Crippen LogP contribution is -2.13. The molecular formula is C16H25NO2. The van der Waals surface area contributed by atoms with Crippen LogP contribution in [0.25, 0.3) is 0 Å². The highest BCUT2D eigenvalue weighted by atomic mass is 16.5. The highest BCUT2D eigenvalue weighted by molar-refractivity contribution is 5.69. The number of carbonyl (C=O) groups excluding carboxylic acids is 1. The predicted molar refractivity (Wildman–Crippen MR) is 79.6 cm³/mol. The van der Waals surface area contributed by atoms with Crippen LogP contribution >= 0.6 is 0 Å². The molecule has 0 spiro atoms. The Morgan fingerprint density at radius 1 is 1.32 bits per heavy atom. The van der Waals surface area contributed by atoms with Crippen LogP contribution in [0.3, 0.4) is 0 Å². The zero-order valence-electron chi connectivity index (χ0n) is 12.7. The van der Waals surface area contributed by atoms with Crippen LogP contribution in [-0.4, -0.2) is 19.6 Å². The van der Waals surface area contributed by atoms with Gasteiger partial charge in [0, 0.05) is 18.7 Å². The molecule has 19 heavy (non-hydrogen) atoms. The molecule has 1 rings (SSSR count). The molecular weight excluding hydrogens is 238 g/mol. The zero-order valence-corrected chi connectivity index (χ0v) is 12.7. The van der Waals surface area contributed by atoms with Gasteiger partial charge < -0.3 is 10.1 Å². The molecule has 0 heterocycles. The van der Waals surface area contributed by atoms with E-state index in [1.165, 1.54) is 18.2 Å². The van der Waals surface area contributed by atoms with Gasteiger partial charge in [-0.25, -0.2) is 0 Å². The van der Waals surface area contributed by atoms with Crippen molar-refractivity contribution in [2.75, 3.05) is 19.0 Å². The average molecular weight is 263 g/mol. The van der Waals surface area contributed by atoms with E-state index in [-0.39, 0.29) is 11.4 Å². The Hall–Kier alpha value is -1.51. The van der Waals surface area contributed by atoms with Crippen molar-refractivity contribution >= 4 is 11.7 Å². The Balaban J connectivity index is 2.60. The van der Waals surface area contributed by atoms with Gasteiger partial charge in [0.1, 0.15) is 0 Å². The van der Waals surface area contributed by atoms with Gasteiger partial charge in [-0.2, -0.15) is 0 Å². The SMILES string of the molecule is COC(=O)CCCNc1cc(C(C)(C)C)ccc1C. The third kappa shape index (κ3) is 4.93. The summed E-state index contributed by atoms with van der Waals surface area (Å²) in [4.78, 5) is 11.0. The van der Waals surface area contributed by atoms with Crippen molar-refractivity contribution in [3.8, 4) is 0 Å². The summed E-state index contributed by atoms with van der Waals surface area (Å²) < 4.78 is 4.62. The highest BCUT2D eigenvalue weighted by Crippen LogP contribution is 2.26. The molecule has 1 aromatic carbocycles.